The van der Waals surface area contributed by atoms with Crippen molar-refractivity contribution in [3.8, 4) is 0 Å². The molecule has 4 rings (SSSR count). The molecule has 1 N–H and O–H groups in total. The Morgan fingerprint density at radius 2 is 1.93 bits per heavy atom. The van der Waals surface area contributed by atoms with Crippen LogP contribution >= 0.6 is 23.1 Å². The van der Waals surface area contributed by atoms with Crippen molar-refractivity contribution in [1.29, 1.82) is 0 Å². The van der Waals surface area contributed by atoms with E-state index in [9.17, 15) is 9.90 Å². The number of pyridine rings is 1. The van der Waals surface area contributed by atoms with Crippen LogP contribution in [0.1, 0.15) is 12.6 Å². The largest absolute Gasteiger partial charge is 0.390 e. The summed E-state index contributed by atoms with van der Waals surface area (Å²) >= 11 is 3.20. The van der Waals surface area contributed by atoms with Gasteiger partial charge in [0, 0.05) is 36.7 Å². The second-order valence-corrected chi connectivity index (χ2v) is 8.97. The first-order chi connectivity index (χ1) is 14.6. The fourth-order valence-electron chi connectivity index (χ4n) is 3.43. The maximum atomic E-state index is 13.0. The van der Waals surface area contributed by atoms with Crippen LogP contribution in [0, 0.1) is 0 Å². The van der Waals surface area contributed by atoms with E-state index in [1.54, 1.807) is 16.3 Å². The molecule has 1 aliphatic heterocycles. The predicted octanol–water partition coefficient (Wildman–Crippen LogP) is 1.90. The number of hydrogen-bond donors (Lipinski definition) is 1. The van der Waals surface area contributed by atoms with Crippen LogP contribution in [-0.4, -0.2) is 23.3 Å². The first-order valence-corrected chi connectivity index (χ1v) is 11.5. The van der Waals surface area contributed by atoms with Crippen LogP contribution in [-0.2, 0) is 13.1 Å². The van der Waals surface area contributed by atoms with Gasteiger partial charge in [0.1, 0.15) is 11.3 Å². The van der Waals surface area contributed by atoms with Crippen LogP contribution in [0.2, 0.25) is 0 Å². The highest BCUT2D eigenvalue weighted by molar-refractivity contribution is 8.03. The predicted molar refractivity (Wildman–Crippen MR) is 124 cm³/mol. The van der Waals surface area contributed by atoms with E-state index in [2.05, 4.69) is 17.0 Å². The third-order valence-electron chi connectivity index (χ3n) is 4.99. The summed E-state index contributed by atoms with van der Waals surface area (Å²) in [5, 5.41) is 10.4. The Balaban J connectivity index is 1.76. The lowest BCUT2D eigenvalue weighted by Crippen LogP contribution is -2.39. The second kappa shape index (κ2) is 9.04. The molecular formula is C23H24N3O2S2+. The SMILES string of the molecule is CCn1c(=Cc2cccc[n+]2CCO)sc(=CC=C2Sc3ccccc3N2C)c1=O. The zero-order valence-electron chi connectivity index (χ0n) is 17.0. The molecule has 0 amide bonds. The van der Waals surface area contributed by atoms with Crippen LogP contribution in [0.3, 0.4) is 0 Å². The summed E-state index contributed by atoms with van der Waals surface area (Å²) in [6.45, 7) is 3.18. The van der Waals surface area contributed by atoms with Crippen LogP contribution in [0.5, 0.6) is 0 Å². The smallest absolute Gasteiger partial charge is 0.269 e. The number of allylic oxidation sites excluding steroid dienone is 1. The summed E-state index contributed by atoms with van der Waals surface area (Å²) in [5.41, 5.74) is 2.17. The van der Waals surface area contributed by atoms with E-state index in [0.29, 0.717) is 17.6 Å². The first-order valence-electron chi connectivity index (χ1n) is 9.85. The normalized spacial score (nSPS) is 16.0. The Bertz CT molecular complexity index is 1270. The first kappa shape index (κ1) is 20.7. The van der Waals surface area contributed by atoms with Crippen molar-refractivity contribution in [2.75, 3.05) is 18.6 Å². The van der Waals surface area contributed by atoms with Crippen molar-refractivity contribution in [3.63, 3.8) is 0 Å². The molecule has 1 aliphatic rings. The fourth-order valence-corrected chi connectivity index (χ4v) is 5.54. The molecule has 0 saturated heterocycles. The van der Waals surface area contributed by atoms with Gasteiger partial charge in [-0.2, -0.15) is 4.57 Å². The summed E-state index contributed by atoms with van der Waals surface area (Å²) in [6, 6.07) is 14.2. The van der Waals surface area contributed by atoms with Gasteiger partial charge in [0.05, 0.1) is 15.2 Å². The van der Waals surface area contributed by atoms with Gasteiger partial charge in [-0.3, -0.25) is 9.36 Å². The Kier molecular flexibility index (Phi) is 6.22. The van der Waals surface area contributed by atoms with Crippen LogP contribution in [0.25, 0.3) is 12.2 Å². The van der Waals surface area contributed by atoms with Gasteiger partial charge < -0.3 is 10.0 Å². The quantitative estimate of drug-likeness (QED) is 0.619. The minimum atomic E-state index is 0.0263. The number of thioether (sulfide) groups is 1. The molecule has 0 bridgehead atoms. The number of nitrogens with zero attached hydrogens (tertiary/aromatic N) is 3. The number of aliphatic hydroxyl groups excluding tert-OH is 1. The van der Waals surface area contributed by atoms with E-state index < -0.39 is 0 Å². The minimum Gasteiger partial charge on any atom is -0.390 e. The van der Waals surface area contributed by atoms with E-state index in [0.717, 1.165) is 15.4 Å². The Hall–Kier alpha value is -2.61. The Morgan fingerprint density at radius 1 is 1.13 bits per heavy atom. The van der Waals surface area contributed by atoms with Crippen LogP contribution in [0.4, 0.5) is 5.69 Å². The third-order valence-corrected chi connectivity index (χ3v) is 7.25. The standard InChI is InChI=1S/C23H24N3O2S2/c1-3-26-22(16-17-8-6-7-13-25(17)14-15-27)30-20(23(26)28)11-12-21-24(2)18-9-4-5-10-19(18)29-21/h4-13,16,27H,3,14-15H2,1-2H3/q+1. The maximum absolute atomic E-state index is 13.0. The van der Waals surface area contributed by atoms with E-state index >= 15 is 0 Å². The molecule has 0 saturated carbocycles. The molecule has 154 valence electrons. The molecule has 0 unspecified atom stereocenters. The number of benzene rings is 1. The molecule has 2 aromatic heterocycles. The second-order valence-electron chi connectivity index (χ2n) is 6.84. The van der Waals surface area contributed by atoms with E-state index in [1.165, 1.54) is 21.9 Å². The Morgan fingerprint density at radius 3 is 2.70 bits per heavy atom. The average Bonchev–Trinajstić information content (AvgIpc) is 3.24. The molecule has 0 spiro atoms. The van der Waals surface area contributed by atoms with Gasteiger partial charge in [-0.25, -0.2) is 0 Å². The number of hydrogen-bond acceptors (Lipinski definition) is 5. The van der Waals surface area contributed by atoms with Crippen LogP contribution in [0.15, 0.2) is 69.5 Å². The third kappa shape index (κ3) is 4.01. The summed E-state index contributed by atoms with van der Waals surface area (Å²) < 4.78 is 5.40. The number of fused-ring (bicyclic) bond motifs is 1. The van der Waals surface area contributed by atoms with Crippen molar-refractivity contribution in [2.45, 2.75) is 24.9 Å². The Labute approximate surface area is 183 Å². The van der Waals surface area contributed by atoms with Crippen molar-refractivity contribution in [1.82, 2.24) is 4.57 Å². The van der Waals surface area contributed by atoms with Crippen LogP contribution < -0.4 is 24.2 Å². The number of para-hydroxylation sites is 1. The molecule has 0 fully saturated rings. The molecule has 5 nitrogen and oxygen atoms in total. The summed E-state index contributed by atoms with van der Waals surface area (Å²) in [4.78, 5) is 16.3. The highest BCUT2D eigenvalue weighted by Crippen LogP contribution is 2.44. The zero-order chi connectivity index (χ0) is 21.1. The molecule has 3 aromatic rings. The molecule has 1 aromatic carbocycles. The summed E-state index contributed by atoms with van der Waals surface area (Å²) in [7, 11) is 2.05. The van der Waals surface area contributed by atoms with Crippen molar-refractivity contribution < 1.29 is 9.67 Å². The lowest BCUT2D eigenvalue weighted by atomic mass is 10.3. The topological polar surface area (TPSA) is 49.4 Å². The number of rotatable bonds is 5. The number of anilines is 1. The minimum absolute atomic E-state index is 0.0263. The van der Waals surface area contributed by atoms with Crippen molar-refractivity contribution >= 4 is 40.9 Å². The highest BCUT2D eigenvalue weighted by atomic mass is 32.2. The molecule has 0 aliphatic carbocycles. The molecule has 30 heavy (non-hydrogen) atoms. The van der Waals surface area contributed by atoms with Gasteiger partial charge >= 0.3 is 0 Å². The highest BCUT2D eigenvalue weighted by Gasteiger charge is 2.20. The monoisotopic (exact) mass is 438 g/mol. The van der Waals surface area contributed by atoms with E-state index in [1.807, 2.05) is 73.3 Å². The lowest BCUT2D eigenvalue weighted by Gasteiger charge is -2.12. The maximum Gasteiger partial charge on any atom is 0.269 e. The molecule has 3 heterocycles. The fraction of sp³-hybridized carbons (Fsp3) is 0.217. The van der Waals surface area contributed by atoms with Gasteiger partial charge in [-0.1, -0.05) is 23.9 Å². The van der Waals surface area contributed by atoms with Crippen molar-refractivity contribution in [2.24, 2.45) is 0 Å². The zero-order valence-corrected chi connectivity index (χ0v) is 18.6. The summed E-state index contributed by atoms with van der Waals surface area (Å²) in [5.74, 6) is 0. The molecular weight excluding hydrogens is 414 g/mol. The lowest BCUT2D eigenvalue weighted by molar-refractivity contribution is -0.699. The number of aromatic nitrogens is 2. The average molecular weight is 439 g/mol. The molecule has 0 atom stereocenters. The van der Waals surface area contributed by atoms with Gasteiger partial charge in [-0.05, 0) is 37.3 Å². The number of aliphatic hydroxyl groups is 1. The van der Waals surface area contributed by atoms with Gasteiger partial charge in [0.2, 0.25) is 5.69 Å². The van der Waals surface area contributed by atoms with Crippen molar-refractivity contribution in [3.05, 3.63) is 85.0 Å². The van der Waals surface area contributed by atoms with Gasteiger partial charge in [0.25, 0.3) is 5.56 Å². The van der Waals surface area contributed by atoms with E-state index in [-0.39, 0.29) is 12.2 Å². The summed E-state index contributed by atoms with van der Waals surface area (Å²) in [6.07, 6.45) is 7.90. The molecule has 0 radical (unpaired) electrons. The number of thiazole rings is 1. The van der Waals surface area contributed by atoms with Gasteiger partial charge in [-0.15, -0.1) is 11.3 Å². The van der Waals surface area contributed by atoms with E-state index in [4.69, 9.17) is 0 Å². The van der Waals surface area contributed by atoms with Gasteiger partial charge in [0.15, 0.2) is 12.7 Å². The molecule has 7 heteroatoms.